The predicted octanol–water partition coefficient (Wildman–Crippen LogP) is 5.06. The van der Waals surface area contributed by atoms with Gasteiger partial charge in [-0.2, -0.15) is 13.2 Å². The Morgan fingerprint density at radius 2 is 1.70 bits per heavy atom. The first-order valence-electron chi connectivity index (χ1n) is 9.78. The van der Waals surface area contributed by atoms with Gasteiger partial charge in [0.2, 0.25) is 0 Å². The molecule has 3 rings (SSSR count). The number of carbonyl (C=O) groups is 1. The van der Waals surface area contributed by atoms with Crippen LogP contribution in [0.5, 0.6) is 0 Å². The smallest absolute Gasteiger partial charge is 0.390 e. The number of hydrogen-bond acceptors (Lipinski definition) is 6. The molecule has 11 heteroatoms. The van der Waals surface area contributed by atoms with E-state index in [4.69, 9.17) is 0 Å². The Kier molecular flexibility index (Phi) is 6.79. The number of aliphatic hydroxyl groups is 1. The number of hydrogen-bond donors (Lipinski definition) is 1. The number of halogens is 3. The molecule has 1 heterocycles. The zero-order valence-corrected chi connectivity index (χ0v) is 19.6. The van der Waals surface area contributed by atoms with Gasteiger partial charge in [0.05, 0.1) is 29.6 Å². The third kappa shape index (κ3) is 5.31. The van der Waals surface area contributed by atoms with Crippen LogP contribution in [-0.4, -0.2) is 39.3 Å². The number of nitrogens with zero attached hydrogens (tertiary/aromatic N) is 1. The lowest BCUT2D eigenvalue weighted by Gasteiger charge is -2.28. The van der Waals surface area contributed by atoms with E-state index in [0.717, 1.165) is 23.5 Å². The lowest BCUT2D eigenvalue weighted by molar-refractivity contribution is -0.131. The number of carbonyl (C=O) groups excluding carboxylic acids is 1. The maximum atomic E-state index is 13.5. The van der Waals surface area contributed by atoms with E-state index in [0.29, 0.717) is 14.4 Å². The maximum absolute atomic E-state index is 13.5. The van der Waals surface area contributed by atoms with E-state index in [1.165, 1.54) is 33.1 Å². The lowest BCUT2D eigenvalue weighted by Crippen LogP contribution is -2.35. The summed E-state index contributed by atoms with van der Waals surface area (Å²) in [5.41, 5.74) is -1.22. The Morgan fingerprint density at radius 1 is 1.09 bits per heavy atom. The zero-order valence-electron chi connectivity index (χ0n) is 18.0. The lowest BCUT2D eigenvalue weighted by atomic mass is 9.97. The van der Waals surface area contributed by atoms with Crippen molar-refractivity contribution in [1.82, 2.24) is 0 Å². The highest BCUT2D eigenvalue weighted by atomic mass is 32.2. The highest BCUT2D eigenvalue weighted by molar-refractivity contribution is 7.93. The molecule has 2 aromatic carbocycles. The number of benzene rings is 2. The van der Waals surface area contributed by atoms with Crippen LogP contribution >= 0.6 is 11.3 Å². The standard InChI is InChI=1S/C22H22F3NO5S2/c1-21(2,28)18-16-6-4-5-7-17(16)32-19(18)26(13-12-22(23,24)25)33(29,30)15-10-8-14(9-11-15)20(27)31-3/h4-11,28H,12-13H2,1-3H3. The number of methoxy groups -OCH3 is 1. The minimum atomic E-state index is -4.60. The molecule has 0 saturated heterocycles. The molecular formula is C22H22F3NO5S2. The largest absolute Gasteiger partial charge is 0.465 e. The van der Waals surface area contributed by atoms with Crippen LogP contribution in [0.3, 0.4) is 0 Å². The summed E-state index contributed by atoms with van der Waals surface area (Å²) >= 11 is 0.988. The van der Waals surface area contributed by atoms with Gasteiger partial charge in [0.15, 0.2) is 0 Å². The van der Waals surface area contributed by atoms with Crippen molar-refractivity contribution in [2.45, 2.75) is 36.9 Å². The summed E-state index contributed by atoms with van der Waals surface area (Å²) in [6, 6.07) is 11.5. The summed E-state index contributed by atoms with van der Waals surface area (Å²) in [5.74, 6) is -0.679. The molecule has 178 valence electrons. The Hall–Kier alpha value is -2.63. The van der Waals surface area contributed by atoms with E-state index in [-0.39, 0.29) is 21.0 Å². The van der Waals surface area contributed by atoms with Gasteiger partial charge in [0.1, 0.15) is 5.00 Å². The van der Waals surface area contributed by atoms with Crippen LogP contribution in [0.25, 0.3) is 10.1 Å². The van der Waals surface area contributed by atoms with Crippen LogP contribution in [0.1, 0.15) is 36.2 Å². The first-order valence-corrected chi connectivity index (χ1v) is 12.0. The number of anilines is 1. The summed E-state index contributed by atoms with van der Waals surface area (Å²) in [6.45, 7) is 2.02. The molecule has 0 amide bonds. The molecule has 0 fully saturated rings. The summed E-state index contributed by atoms with van der Waals surface area (Å²) in [5, 5.41) is 11.4. The maximum Gasteiger partial charge on any atom is 0.390 e. The molecule has 1 aromatic heterocycles. The van der Waals surface area contributed by atoms with Gasteiger partial charge >= 0.3 is 12.1 Å². The van der Waals surface area contributed by atoms with Crippen molar-refractivity contribution in [2.75, 3.05) is 18.0 Å². The van der Waals surface area contributed by atoms with Crippen molar-refractivity contribution in [3.8, 4) is 0 Å². The van der Waals surface area contributed by atoms with Gasteiger partial charge in [0.25, 0.3) is 10.0 Å². The van der Waals surface area contributed by atoms with Gasteiger partial charge in [-0.1, -0.05) is 18.2 Å². The van der Waals surface area contributed by atoms with E-state index in [1.54, 1.807) is 24.3 Å². The van der Waals surface area contributed by atoms with Crippen LogP contribution in [0.4, 0.5) is 18.2 Å². The van der Waals surface area contributed by atoms with Crippen LogP contribution in [0.2, 0.25) is 0 Å². The Morgan fingerprint density at radius 3 is 2.24 bits per heavy atom. The molecule has 0 bridgehead atoms. The molecule has 0 aliphatic carbocycles. The van der Waals surface area contributed by atoms with Crippen LogP contribution in [0, 0.1) is 0 Å². The molecule has 0 atom stereocenters. The highest BCUT2D eigenvalue weighted by Crippen LogP contribution is 2.45. The van der Waals surface area contributed by atoms with Crippen molar-refractivity contribution in [1.29, 1.82) is 0 Å². The fourth-order valence-corrected chi connectivity index (χ4v) is 6.44. The molecule has 0 radical (unpaired) electrons. The number of ether oxygens (including phenoxy) is 1. The summed E-state index contributed by atoms with van der Waals surface area (Å²) in [7, 11) is -3.30. The molecule has 0 saturated carbocycles. The van der Waals surface area contributed by atoms with Crippen LogP contribution in [-0.2, 0) is 20.4 Å². The number of alkyl halides is 3. The second-order valence-corrected chi connectivity index (χ2v) is 10.7. The fourth-order valence-electron chi connectivity index (χ4n) is 3.37. The van der Waals surface area contributed by atoms with E-state index in [2.05, 4.69) is 4.74 Å². The average molecular weight is 502 g/mol. The second-order valence-electron chi connectivity index (χ2n) is 7.80. The minimum Gasteiger partial charge on any atom is -0.465 e. The molecule has 0 aliphatic rings. The van der Waals surface area contributed by atoms with Gasteiger partial charge in [-0.3, -0.25) is 4.31 Å². The van der Waals surface area contributed by atoms with E-state index >= 15 is 0 Å². The highest BCUT2D eigenvalue weighted by Gasteiger charge is 2.37. The molecular weight excluding hydrogens is 479 g/mol. The van der Waals surface area contributed by atoms with Crippen molar-refractivity contribution >= 4 is 42.4 Å². The molecule has 6 nitrogen and oxygen atoms in total. The van der Waals surface area contributed by atoms with Gasteiger partial charge in [-0.05, 0) is 44.2 Å². The molecule has 1 N–H and O–H groups in total. The van der Waals surface area contributed by atoms with Crippen molar-refractivity contribution in [2.24, 2.45) is 0 Å². The minimum absolute atomic E-state index is 0.00462. The number of esters is 1. The quantitative estimate of drug-likeness (QED) is 0.458. The van der Waals surface area contributed by atoms with Crippen LogP contribution < -0.4 is 4.31 Å². The fraction of sp³-hybridized carbons (Fsp3) is 0.318. The predicted molar refractivity (Wildman–Crippen MR) is 120 cm³/mol. The second kappa shape index (κ2) is 8.96. The van der Waals surface area contributed by atoms with Gasteiger partial charge in [0, 0.05) is 22.2 Å². The summed E-state index contributed by atoms with van der Waals surface area (Å²) in [6.07, 6.45) is -5.99. The first-order chi connectivity index (χ1) is 15.3. The third-order valence-electron chi connectivity index (χ3n) is 4.88. The molecule has 0 spiro atoms. The van der Waals surface area contributed by atoms with Crippen molar-refractivity contribution < 1.29 is 36.2 Å². The van der Waals surface area contributed by atoms with Gasteiger partial charge in [-0.15, -0.1) is 11.3 Å². The summed E-state index contributed by atoms with van der Waals surface area (Å²) < 4.78 is 72.3. The van der Waals surface area contributed by atoms with Gasteiger partial charge in [-0.25, -0.2) is 13.2 Å². The first kappa shape index (κ1) is 25.0. The number of rotatable bonds is 7. The topological polar surface area (TPSA) is 83.9 Å². The number of thiophene rings is 1. The SMILES string of the molecule is COC(=O)c1ccc(S(=O)(=O)N(CCC(F)(F)F)c2sc3ccccc3c2C(C)(C)O)cc1. The number of fused-ring (bicyclic) bond motifs is 1. The van der Waals surface area contributed by atoms with Gasteiger partial charge < -0.3 is 9.84 Å². The van der Waals surface area contributed by atoms with Crippen LogP contribution in [0.15, 0.2) is 53.4 Å². The van der Waals surface area contributed by atoms with Crippen molar-refractivity contribution in [3.05, 3.63) is 59.7 Å². The zero-order chi connectivity index (χ0) is 24.6. The Labute approximate surface area is 193 Å². The summed E-state index contributed by atoms with van der Waals surface area (Å²) in [4.78, 5) is 11.4. The Bertz CT molecular complexity index is 1260. The molecule has 33 heavy (non-hydrogen) atoms. The average Bonchev–Trinajstić information content (AvgIpc) is 3.11. The van der Waals surface area contributed by atoms with E-state index in [9.17, 15) is 31.5 Å². The number of sulfonamides is 1. The van der Waals surface area contributed by atoms with Crippen molar-refractivity contribution in [3.63, 3.8) is 0 Å². The molecule has 0 aliphatic heterocycles. The third-order valence-corrected chi connectivity index (χ3v) is 8.00. The monoisotopic (exact) mass is 501 g/mol. The molecule has 0 unspecified atom stereocenters. The van der Waals surface area contributed by atoms with E-state index < -0.39 is 40.7 Å². The Balaban J connectivity index is 2.20. The van der Waals surface area contributed by atoms with E-state index in [1.807, 2.05) is 0 Å². The normalized spacial score (nSPS) is 12.7. The molecule has 3 aromatic rings.